The zero-order valence-electron chi connectivity index (χ0n) is 16.7. The molecule has 31 heavy (non-hydrogen) atoms. The summed E-state index contributed by atoms with van der Waals surface area (Å²) in [5.41, 5.74) is 3.70. The molecule has 0 saturated carbocycles. The molecule has 1 N–H and O–H groups in total. The van der Waals surface area contributed by atoms with Crippen molar-refractivity contribution < 1.29 is 19.1 Å². The molecule has 3 amide bonds. The van der Waals surface area contributed by atoms with Crippen molar-refractivity contribution in [3.05, 3.63) is 76.0 Å². The number of thiophene rings is 1. The summed E-state index contributed by atoms with van der Waals surface area (Å²) in [5.74, 6) is -1.03. The van der Waals surface area contributed by atoms with Crippen LogP contribution in [0.3, 0.4) is 0 Å². The van der Waals surface area contributed by atoms with Gasteiger partial charge >= 0.3 is 0 Å². The summed E-state index contributed by atoms with van der Waals surface area (Å²) in [5, 5.41) is 6.94. The standard InChI is InChI=1S/C24H20N2O4S/c27-22(25-18-4-1-3-15(11-18)17-8-10-31-14-17)16-6-7-20-21(12-16)24(29)26(23(20)28)13-19-5-2-9-30-19/h1,3-4,6-8,10-12,14,19H,2,5,9,13H2,(H,25,27). The fourth-order valence-electron chi connectivity index (χ4n) is 4.00. The van der Waals surface area contributed by atoms with Crippen LogP contribution in [0, 0.1) is 0 Å². The van der Waals surface area contributed by atoms with Crippen LogP contribution in [0.25, 0.3) is 11.1 Å². The monoisotopic (exact) mass is 432 g/mol. The molecular weight excluding hydrogens is 412 g/mol. The summed E-state index contributed by atoms with van der Waals surface area (Å²) >= 11 is 1.61. The van der Waals surface area contributed by atoms with Gasteiger partial charge in [-0.25, -0.2) is 0 Å². The first-order chi connectivity index (χ1) is 15.1. The second kappa shape index (κ2) is 8.09. The predicted octanol–water partition coefficient (Wildman–Crippen LogP) is 4.44. The third-order valence-electron chi connectivity index (χ3n) is 5.62. The van der Waals surface area contributed by atoms with Crippen molar-refractivity contribution in [3.8, 4) is 11.1 Å². The minimum Gasteiger partial charge on any atom is -0.376 e. The number of nitrogens with one attached hydrogen (secondary N) is 1. The summed E-state index contributed by atoms with van der Waals surface area (Å²) < 4.78 is 5.57. The van der Waals surface area contributed by atoms with E-state index in [0.29, 0.717) is 23.4 Å². The van der Waals surface area contributed by atoms with E-state index in [1.807, 2.05) is 41.1 Å². The lowest BCUT2D eigenvalue weighted by atomic mass is 10.0. The number of amides is 3. The maximum Gasteiger partial charge on any atom is 0.261 e. The van der Waals surface area contributed by atoms with Crippen LogP contribution in [0.15, 0.2) is 59.3 Å². The Kier molecular flexibility index (Phi) is 5.13. The molecule has 1 fully saturated rings. The average molecular weight is 433 g/mol. The summed E-state index contributed by atoms with van der Waals surface area (Å²) in [4.78, 5) is 39.5. The summed E-state index contributed by atoms with van der Waals surface area (Å²) in [6, 6.07) is 14.3. The second-order valence-corrected chi connectivity index (χ2v) is 8.44. The number of anilines is 1. The lowest BCUT2D eigenvalue weighted by Gasteiger charge is -2.17. The smallest absolute Gasteiger partial charge is 0.261 e. The lowest BCUT2D eigenvalue weighted by Crippen LogP contribution is -2.36. The largest absolute Gasteiger partial charge is 0.376 e. The molecule has 3 aromatic rings. The number of carbonyl (C=O) groups excluding carboxylic acids is 3. The van der Waals surface area contributed by atoms with Gasteiger partial charge in [-0.3, -0.25) is 19.3 Å². The van der Waals surface area contributed by atoms with Crippen molar-refractivity contribution in [3.63, 3.8) is 0 Å². The van der Waals surface area contributed by atoms with Gasteiger partial charge in [-0.2, -0.15) is 11.3 Å². The van der Waals surface area contributed by atoms with Gasteiger partial charge in [0.05, 0.1) is 23.8 Å². The fraction of sp³-hybridized carbons (Fsp3) is 0.208. The molecule has 0 spiro atoms. The molecule has 7 heteroatoms. The Morgan fingerprint density at radius 3 is 2.71 bits per heavy atom. The van der Waals surface area contributed by atoms with Crippen LogP contribution in [0.4, 0.5) is 5.69 Å². The molecule has 6 nitrogen and oxygen atoms in total. The number of imide groups is 1. The number of hydrogen-bond acceptors (Lipinski definition) is 5. The van der Waals surface area contributed by atoms with Gasteiger partial charge in [0, 0.05) is 17.9 Å². The van der Waals surface area contributed by atoms with Crippen molar-refractivity contribution >= 4 is 34.7 Å². The highest BCUT2D eigenvalue weighted by Crippen LogP contribution is 2.27. The number of nitrogens with zero attached hydrogens (tertiary/aromatic N) is 1. The van der Waals surface area contributed by atoms with Crippen LogP contribution >= 0.6 is 11.3 Å². The molecule has 1 unspecified atom stereocenters. The van der Waals surface area contributed by atoms with E-state index >= 15 is 0 Å². The second-order valence-electron chi connectivity index (χ2n) is 7.66. The molecule has 156 valence electrons. The van der Waals surface area contributed by atoms with Gasteiger partial charge in [0.25, 0.3) is 17.7 Å². The number of ether oxygens (including phenoxy) is 1. The molecule has 3 heterocycles. The molecule has 5 rings (SSSR count). The Morgan fingerprint density at radius 2 is 1.94 bits per heavy atom. The van der Waals surface area contributed by atoms with Gasteiger partial charge in [0.2, 0.25) is 0 Å². The van der Waals surface area contributed by atoms with Crippen molar-refractivity contribution in [2.45, 2.75) is 18.9 Å². The average Bonchev–Trinajstić information content (AvgIpc) is 3.54. The maximum atomic E-state index is 12.8. The van der Waals surface area contributed by atoms with Gasteiger partial charge < -0.3 is 10.1 Å². The number of benzene rings is 2. The molecule has 0 aliphatic carbocycles. The third-order valence-corrected chi connectivity index (χ3v) is 6.30. The Bertz CT molecular complexity index is 1170. The lowest BCUT2D eigenvalue weighted by molar-refractivity contribution is 0.0475. The summed E-state index contributed by atoms with van der Waals surface area (Å²) in [7, 11) is 0. The molecule has 2 aromatic carbocycles. The highest BCUT2D eigenvalue weighted by Gasteiger charge is 2.37. The molecule has 2 aliphatic rings. The van der Waals surface area contributed by atoms with E-state index in [0.717, 1.165) is 24.0 Å². The molecule has 1 saturated heterocycles. The van der Waals surface area contributed by atoms with Gasteiger partial charge in [0.1, 0.15) is 0 Å². The first-order valence-corrected chi connectivity index (χ1v) is 11.1. The van der Waals surface area contributed by atoms with E-state index < -0.39 is 0 Å². The zero-order valence-corrected chi connectivity index (χ0v) is 17.5. The van der Waals surface area contributed by atoms with Crippen molar-refractivity contribution in [2.75, 3.05) is 18.5 Å². The van der Waals surface area contributed by atoms with Crippen molar-refractivity contribution in [1.82, 2.24) is 4.90 Å². The molecule has 1 atom stereocenters. The normalized spacial score (nSPS) is 17.8. The predicted molar refractivity (Wildman–Crippen MR) is 118 cm³/mol. The minimum atomic E-state index is -0.371. The van der Waals surface area contributed by atoms with E-state index in [4.69, 9.17) is 4.74 Å². The highest BCUT2D eigenvalue weighted by molar-refractivity contribution is 7.08. The molecular formula is C24H20N2O4S. The van der Waals surface area contributed by atoms with Gasteiger partial charge in [0.15, 0.2) is 0 Å². The number of hydrogen-bond donors (Lipinski definition) is 1. The molecule has 0 radical (unpaired) electrons. The first kappa shape index (κ1) is 19.7. The molecule has 1 aromatic heterocycles. The third kappa shape index (κ3) is 3.78. The number of rotatable bonds is 5. The van der Waals surface area contributed by atoms with Gasteiger partial charge in [-0.15, -0.1) is 0 Å². The van der Waals surface area contributed by atoms with Crippen LogP contribution in [-0.4, -0.2) is 41.9 Å². The van der Waals surface area contributed by atoms with E-state index in [2.05, 4.69) is 5.32 Å². The van der Waals surface area contributed by atoms with E-state index in [1.54, 1.807) is 23.5 Å². The maximum absolute atomic E-state index is 12.8. The molecule has 2 aliphatic heterocycles. The van der Waals surface area contributed by atoms with Crippen molar-refractivity contribution in [1.29, 1.82) is 0 Å². The highest BCUT2D eigenvalue weighted by atomic mass is 32.1. The van der Waals surface area contributed by atoms with Crippen LogP contribution in [0.2, 0.25) is 0 Å². The summed E-state index contributed by atoms with van der Waals surface area (Å²) in [6.45, 7) is 0.912. The van der Waals surface area contributed by atoms with Gasteiger partial charge in [-0.1, -0.05) is 12.1 Å². The molecule has 0 bridgehead atoms. The van der Waals surface area contributed by atoms with Crippen LogP contribution in [0.5, 0.6) is 0 Å². The zero-order chi connectivity index (χ0) is 21.4. The van der Waals surface area contributed by atoms with Crippen molar-refractivity contribution in [2.24, 2.45) is 0 Å². The van der Waals surface area contributed by atoms with Crippen LogP contribution < -0.4 is 5.32 Å². The fourth-order valence-corrected chi connectivity index (χ4v) is 4.66. The minimum absolute atomic E-state index is 0.111. The Hall–Kier alpha value is -3.29. The summed E-state index contributed by atoms with van der Waals surface area (Å²) in [6.07, 6.45) is 1.66. The Balaban J connectivity index is 1.34. The SMILES string of the molecule is O=C(Nc1cccc(-c2ccsc2)c1)c1ccc2c(c1)C(=O)N(CC1CCCO1)C2=O. The van der Waals surface area contributed by atoms with E-state index in [-0.39, 0.29) is 35.9 Å². The quantitative estimate of drug-likeness (QED) is 0.605. The van der Waals surface area contributed by atoms with Crippen LogP contribution in [-0.2, 0) is 4.74 Å². The first-order valence-electron chi connectivity index (χ1n) is 10.2. The topological polar surface area (TPSA) is 75.7 Å². The van der Waals surface area contributed by atoms with Crippen LogP contribution in [0.1, 0.15) is 43.9 Å². The number of carbonyl (C=O) groups is 3. The Labute approximate surface area is 183 Å². The van der Waals surface area contributed by atoms with Gasteiger partial charge in [-0.05, 0) is 71.1 Å². The number of fused-ring (bicyclic) bond motifs is 1. The van der Waals surface area contributed by atoms with E-state index in [1.165, 1.54) is 11.0 Å². The van der Waals surface area contributed by atoms with E-state index in [9.17, 15) is 14.4 Å². The Morgan fingerprint density at radius 1 is 1.06 bits per heavy atom.